The van der Waals surface area contributed by atoms with Crippen LogP contribution in [-0.4, -0.2) is 29.0 Å². The van der Waals surface area contributed by atoms with Crippen molar-refractivity contribution in [1.29, 1.82) is 0 Å². The molecule has 182 valence electrons. The molecule has 0 amide bonds. The van der Waals surface area contributed by atoms with Crippen molar-refractivity contribution in [3.63, 3.8) is 0 Å². The highest BCUT2D eigenvalue weighted by Gasteiger charge is 2.20. The number of ether oxygens (including phenoxy) is 2. The second-order valence-electron chi connectivity index (χ2n) is 8.27. The lowest BCUT2D eigenvalue weighted by atomic mass is 10.1. The molecule has 0 aliphatic rings. The minimum Gasteiger partial charge on any atom is -0.493 e. The smallest absolute Gasteiger partial charge is 0.493 e. The monoisotopic (exact) mass is 476 g/mol. The minimum atomic E-state index is -1.42. The number of aromatic nitrogens is 1. The Hall–Kier alpha value is -3.84. The zero-order valence-corrected chi connectivity index (χ0v) is 19.5. The van der Waals surface area contributed by atoms with Gasteiger partial charge in [-0.3, -0.25) is 0 Å². The molecule has 0 aliphatic heterocycles. The van der Waals surface area contributed by atoms with Crippen LogP contribution < -0.4 is 15.2 Å². The van der Waals surface area contributed by atoms with Gasteiger partial charge in [-0.25, -0.2) is 9.18 Å². The lowest BCUT2D eigenvalue weighted by Crippen LogP contribution is -2.11. The molecule has 3 N–H and O–H groups in total. The maximum Gasteiger partial charge on any atom is 0.512 e. The van der Waals surface area contributed by atoms with Crippen molar-refractivity contribution < 1.29 is 23.8 Å². The third kappa shape index (κ3) is 5.81. The first kappa shape index (κ1) is 24.3. The van der Waals surface area contributed by atoms with Crippen LogP contribution in [0.5, 0.6) is 11.6 Å². The molecule has 4 rings (SSSR count). The molecule has 6 nitrogen and oxygen atoms in total. The van der Waals surface area contributed by atoms with Crippen molar-refractivity contribution in [2.45, 2.75) is 32.2 Å². The minimum absolute atomic E-state index is 0.179. The predicted octanol–water partition coefficient (Wildman–Crippen LogP) is 6.60. The van der Waals surface area contributed by atoms with Crippen molar-refractivity contribution in [2.24, 2.45) is 5.73 Å². The Kier molecular flexibility index (Phi) is 8.00. The van der Waals surface area contributed by atoms with E-state index in [4.69, 9.17) is 15.2 Å². The molecule has 35 heavy (non-hydrogen) atoms. The zero-order chi connectivity index (χ0) is 24.6. The molecule has 1 heterocycles. The van der Waals surface area contributed by atoms with Crippen LogP contribution in [0.1, 0.15) is 31.2 Å². The number of carbonyl (C=O) groups is 1. The van der Waals surface area contributed by atoms with Crippen molar-refractivity contribution in [2.75, 3.05) is 13.2 Å². The summed E-state index contributed by atoms with van der Waals surface area (Å²) >= 11 is 0. The van der Waals surface area contributed by atoms with Crippen LogP contribution in [0.4, 0.5) is 9.18 Å². The maximum atomic E-state index is 14.1. The van der Waals surface area contributed by atoms with Gasteiger partial charge in [0.25, 0.3) is 0 Å². The van der Waals surface area contributed by atoms with Gasteiger partial charge in [0.1, 0.15) is 11.6 Å². The topological polar surface area (TPSA) is 86.7 Å². The van der Waals surface area contributed by atoms with Crippen molar-refractivity contribution in [1.82, 2.24) is 4.57 Å². The predicted molar refractivity (Wildman–Crippen MR) is 137 cm³/mol. The second kappa shape index (κ2) is 11.5. The molecule has 0 bridgehead atoms. The van der Waals surface area contributed by atoms with E-state index in [1.807, 2.05) is 48.5 Å². The molecule has 7 heteroatoms. The van der Waals surface area contributed by atoms with Crippen LogP contribution in [0.25, 0.3) is 27.8 Å². The molecule has 0 aliphatic carbocycles. The Morgan fingerprint density at radius 1 is 1.03 bits per heavy atom. The number of aryl methyl sites for hydroxylation is 1. The van der Waals surface area contributed by atoms with Gasteiger partial charge in [0.05, 0.1) is 12.1 Å². The van der Waals surface area contributed by atoms with Gasteiger partial charge in [-0.1, -0.05) is 48.6 Å². The molecule has 0 atom stereocenters. The number of hydrogen-bond donors (Lipinski definition) is 2. The molecule has 0 spiro atoms. The van der Waals surface area contributed by atoms with E-state index in [1.165, 1.54) is 12.1 Å². The average molecular weight is 477 g/mol. The summed E-state index contributed by atoms with van der Waals surface area (Å²) < 4.78 is 27.1. The third-order valence-corrected chi connectivity index (χ3v) is 5.84. The van der Waals surface area contributed by atoms with Gasteiger partial charge in [0.2, 0.25) is 5.88 Å². The number of benzene rings is 3. The molecule has 1 aromatic heterocycles. The number of halogens is 1. The fraction of sp³-hybridized carbons (Fsp3) is 0.250. The second-order valence-corrected chi connectivity index (χ2v) is 8.27. The number of nitrogens with two attached hydrogens (primary N) is 1. The van der Waals surface area contributed by atoms with Crippen LogP contribution >= 0.6 is 0 Å². The summed E-state index contributed by atoms with van der Waals surface area (Å²) in [7, 11) is 0. The van der Waals surface area contributed by atoms with E-state index < -0.39 is 12.0 Å². The van der Waals surface area contributed by atoms with Gasteiger partial charge in [-0.05, 0) is 61.9 Å². The zero-order valence-electron chi connectivity index (χ0n) is 19.5. The van der Waals surface area contributed by atoms with Crippen molar-refractivity contribution >= 4 is 33.9 Å². The molecule has 3 aromatic carbocycles. The van der Waals surface area contributed by atoms with E-state index in [9.17, 15) is 14.3 Å². The highest BCUT2D eigenvalue weighted by Crippen LogP contribution is 2.35. The number of fused-ring (bicyclic) bond motifs is 2. The van der Waals surface area contributed by atoms with Gasteiger partial charge in [-0.2, -0.15) is 0 Å². The molecule has 0 unspecified atom stereocenters. The van der Waals surface area contributed by atoms with Gasteiger partial charge in [0, 0.05) is 22.9 Å². The summed E-state index contributed by atoms with van der Waals surface area (Å²) in [6.07, 6.45) is 5.53. The van der Waals surface area contributed by atoms with Gasteiger partial charge < -0.3 is 24.9 Å². The van der Waals surface area contributed by atoms with Crippen molar-refractivity contribution in [3.8, 4) is 11.6 Å². The molecule has 0 fully saturated rings. The summed E-state index contributed by atoms with van der Waals surface area (Å²) in [6, 6.07) is 18.4. The first-order chi connectivity index (χ1) is 17.1. The van der Waals surface area contributed by atoms with Gasteiger partial charge in [0.15, 0.2) is 0 Å². The highest BCUT2D eigenvalue weighted by molar-refractivity contribution is 5.93. The van der Waals surface area contributed by atoms with E-state index in [-0.39, 0.29) is 5.88 Å². The number of allylic oxidation sites excluding steroid dienone is 1. The summed E-state index contributed by atoms with van der Waals surface area (Å²) in [4.78, 5) is 11.5. The van der Waals surface area contributed by atoms with Crippen LogP contribution in [0.15, 0.2) is 66.7 Å². The lowest BCUT2D eigenvalue weighted by Gasteiger charge is -2.12. The number of hydrogen-bond acceptors (Lipinski definition) is 4. The fourth-order valence-corrected chi connectivity index (χ4v) is 4.24. The van der Waals surface area contributed by atoms with Crippen LogP contribution in [0, 0.1) is 5.82 Å². The summed E-state index contributed by atoms with van der Waals surface area (Å²) in [5.74, 6) is 0.581. The van der Waals surface area contributed by atoms with E-state index in [0.29, 0.717) is 42.6 Å². The maximum absolute atomic E-state index is 14.1. The largest absolute Gasteiger partial charge is 0.512 e. The van der Waals surface area contributed by atoms with E-state index in [2.05, 4.69) is 0 Å². The molecular formula is C28H29FN2O4. The van der Waals surface area contributed by atoms with Crippen LogP contribution in [-0.2, 0) is 6.54 Å². The van der Waals surface area contributed by atoms with E-state index >= 15 is 0 Å². The van der Waals surface area contributed by atoms with E-state index in [0.717, 1.165) is 35.8 Å². The average Bonchev–Trinajstić information content (AvgIpc) is 3.12. The lowest BCUT2D eigenvalue weighted by molar-refractivity contribution is 0.140. The highest BCUT2D eigenvalue weighted by atomic mass is 19.1. The Balaban J connectivity index is 1.57. The van der Waals surface area contributed by atoms with Crippen LogP contribution in [0.2, 0.25) is 0 Å². The molecular weight excluding hydrogens is 447 g/mol. The number of nitrogens with zero attached hydrogens (tertiary/aromatic N) is 1. The first-order valence-electron chi connectivity index (χ1n) is 11.8. The van der Waals surface area contributed by atoms with Gasteiger partial charge >= 0.3 is 6.16 Å². The summed E-state index contributed by atoms with van der Waals surface area (Å²) in [6.45, 7) is 1.48. The number of carboxylic acid groups (broad SMARTS) is 1. The van der Waals surface area contributed by atoms with Crippen LogP contribution in [0.3, 0.4) is 0 Å². The first-order valence-corrected chi connectivity index (χ1v) is 11.8. The molecule has 0 saturated carbocycles. The van der Waals surface area contributed by atoms with Crippen molar-refractivity contribution in [3.05, 3.63) is 78.1 Å². The normalized spacial score (nSPS) is 11.5. The molecule has 4 aromatic rings. The molecule has 0 saturated heterocycles. The molecule has 0 radical (unpaired) electrons. The Labute approximate surface area is 203 Å². The SMILES string of the molecule is NCCCC/C=C/c1c(OC(=O)O)n(CCCOc2cccc3ccccc23)c2ccc(F)cc12. The Bertz CT molecular complexity index is 1340. The number of unbranched alkanes of at least 4 members (excludes halogenated alkanes) is 2. The third-order valence-electron chi connectivity index (χ3n) is 5.84. The standard InChI is InChI=1S/C28H29FN2O4/c29-21-14-15-25-24(19-21)23(12-3-1-2-6-16-30)27(35-28(32)33)31(25)17-8-18-34-26-13-7-10-20-9-4-5-11-22(20)26/h3-5,7,9-15,19H,1-2,6,8,16-18,30H2,(H,32,33)/b12-3+. The quantitative estimate of drug-likeness (QED) is 0.188. The number of rotatable bonds is 11. The summed E-state index contributed by atoms with van der Waals surface area (Å²) in [5.41, 5.74) is 6.80. The Morgan fingerprint density at radius 3 is 2.69 bits per heavy atom. The Morgan fingerprint density at radius 2 is 1.86 bits per heavy atom. The summed E-state index contributed by atoms with van der Waals surface area (Å²) in [5, 5.41) is 12.1. The van der Waals surface area contributed by atoms with E-state index in [1.54, 1.807) is 16.7 Å². The van der Waals surface area contributed by atoms with Gasteiger partial charge in [-0.15, -0.1) is 0 Å². The fourth-order valence-electron chi connectivity index (χ4n) is 4.24.